The summed E-state index contributed by atoms with van der Waals surface area (Å²) in [5, 5.41) is 0. The highest BCUT2D eigenvalue weighted by Gasteiger charge is 2.01. The van der Waals surface area contributed by atoms with Crippen LogP contribution >= 0.6 is 15.9 Å². The molecule has 1 aromatic rings. The maximum Gasteiger partial charge on any atom is 0.322 e. The normalized spacial score (nSPS) is 8.50. The van der Waals surface area contributed by atoms with Gasteiger partial charge in [-0.05, 0) is 15.9 Å². The summed E-state index contributed by atoms with van der Waals surface area (Å²) >= 11 is 2.98. The fourth-order valence-corrected chi connectivity index (χ4v) is 0.573. The maximum absolute atomic E-state index is 6.47. The van der Waals surface area contributed by atoms with E-state index in [1.54, 1.807) is 0 Å². The van der Waals surface area contributed by atoms with Crippen LogP contribution in [0.2, 0.25) is 0 Å². The van der Waals surface area contributed by atoms with Gasteiger partial charge in [0.2, 0.25) is 4.67 Å². The number of aromatic nitrogens is 1. The van der Waals surface area contributed by atoms with Crippen molar-refractivity contribution >= 4 is 21.7 Å². The highest BCUT2D eigenvalue weighted by atomic mass is 79.9. The van der Waals surface area contributed by atoms with E-state index >= 15 is 0 Å². The van der Waals surface area contributed by atoms with Gasteiger partial charge in [0.15, 0.2) is 0 Å². The van der Waals surface area contributed by atoms with Gasteiger partial charge in [0.05, 0.1) is 0 Å². The van der Waals surface area contributed by atoms with Crippen LogP contribution in [0.1, 0.15) is 0 Å². The molecule has 0 spiro atoms. The summed E-state index contributed by atoms with van der Waals surface area (Å²) < 4.78 is 5.04. The van der Waals surface area contributed by atoms with Gasteiger partial charge < -0.3 is 9.26 Å². The average Bonchev–Trinajstić information content (AvgIpc) is 2.14. The molecule has 0 unspecified atom stereocenters. The molecule has 0 atom stereocenters. The van der Waals surface area contributed by atoms with E-state index in [2.05, 4.69) is 30.2 Å². The van der Waals surface area contributed by atoms with E-state index in [1.807, 2.05) is 0 Å². The highest BCUT2D eigenvalue weighted by Crippen LogP contribution is 2.21. The zero-order chi connectivity index (χ0) is 5.98. The van der Waals surface area contributed by atoms with Gasteiger partial charge in [-0.1, -0.05) is 11.6 Å². The van der Waals surface area contributed by atoms with Gasteiger partial charge in [0.25, 0.3) is 6.39 Å². The molecular weight excluding hydrogens is 172 g/mol. The van der Waals surface area contributed by atoms with E-state index < -0.39 is 0 Å². The Balaban J connectivity index is 3.15. The summed E-state index contributed by atoms with van der Waals surface area (Å²) in [6.45, 7) is 6.47. The molecule has 1 aromatic heterocycles. The molecule has 3 nitrogen and oxygen atoms in total. The second kappa shape index (κ2) is 1.97. The molecule has 0 amide bonds. The molecule has 0 aliphatic rings. The third-order valence-corrected chi connectivity index (χ3v) is 1.15. The predicted molar refractivity (Wildman–Crippen MR) is 30.5 cm³/mol. The van der Waals surface area contributed by atoms with Gasteiger partial charge in [-0.2, -0.15) is 0 Å². The lowest BCUT2D eigenvalue weighted by Crippen LogP contribution is -1.52. The topological polar surface area (TPSA) is 30.4 Å². The zero-order valence-corrected chi connectivity index (χ0v) is 5.34. The van der Waals surface area contributed by atoms with E-state index in [0.29, 0.717) is 4.67 Å². The Hall–Kier alpha value is -0.820. The molecule has 0 aromatic carbocycles. The van der Waals surface area contributed by atoms with Gasteiger partial charge in [0.1, 0.15) is 0 Å². The van der Waals surface area contributed by atoms with Crippen molar-refractivity contribution in [1.82, 2.24) is 4.98 Å². The van der Waals surface area contributed by atoms with Gasteiger partial charge >= 0.3 is 5.82 Å². The minimum Gasteiger partial charge on any atom is -0.429 e. The van der Waals surface area contributed by atoms with Crippen LogP contribution in [0.5, 0.6) is 0 Å². The van der Waals surface area contributed by atoms with Crippen molar-refractivity contribution in [3.05, 3.63) is 22.5 Å². The zero-order valence-electron chi connectivity index (χ0n) is 3.76. The molecule has 40 valence electrons. The Bertz CT molecular complexity index is 224. The summed E-state index contributed by atoms with van der Waals surface area (Å²) in [7, 11) is 0. The van der Waals surface area contributed by atoms with Crippen molar-refractivity contribution in [3.8, 4) is 0 Å². The molecule has 4 heteroatoms. The highest BCUT2D eigenvalue weighted by molar-refractivity contribution is 9.10. The summed E-state index contributed by atoms with van der Waals surface area (Å²) in [4.78, 5) is 6.59. The van der Waals surface area contributed by atoms with Crippen molar-refractivity contribution in [2.45, 2.75) is 0 Å². The van der Waals surface area contributed by atoms with Crippen LogP contribution in [0.25, 0.3) is 4.85 Å². The first-order chi connectivity index (χ1) is 3.84. The fraction of sp³-hybridized carbons (Fsp3) is 0. The number of oxazole rings is 1. The third-order valence-electron chi connectivity index (χ3n) is 0.613. The predicted octanol–water partition coefficient (Wildman–Crippen LogP) is 1.99. The van der Waals surface area contributed by atoms with Gasteiger partial charge in [-0.3, -0.25) is 0 Å². The lowest BCUT2D eigenvalue weighted by molar-refractivity contribution is 0.534. The standard InChI is InChI=1S/C4HBrN2O/c1-6-4-3(5)8-2-7-4/h2H. The first-order valence-electron chi connectivity index (χ1n) is 1.81. The molecule has 8 heavy (non-hydrogen) atoms. The first-order valence-corrected chi connectivity index (χ1v) is 2.60. The van der Waals surface area contributed by atoms with Crippen molar-refractivity contribution in [1.29, 1.82) is 0 Å². The smallest absolute Gasteiger partial charge is 0.322 e. The number of halogens is 1. The van der Waals surface area contributed by atoms with Gasteiger partial charge in [0, 0.05) is 0 Å². The molecular formula is C4HBrN2O. The summed E-state index contributed by atoms with van der Waals surface area (Å²) in [5.41, 5.74) is 0. The van der Waals surface area contributed by atoms with E-state index in [-0.39, 0.29) is 5.82 Å². The Morgan fingerprint density at radius 1 is 1.88 bits per heavy atom. The molecule has 0 N–H and O–H groups in total. The van der Waals surface area contributed by atoms with E-state index in [1.165, 1.54) is 6.39 Å². The second-order valence-electron chi connectivity index (χ2n) is 1.06. The quantitative estimate of drug-likeness (QED) is 0.561. The molecule has 0 aliphatic heterocycles. The van der Waals surface area contributed by atoms with Crippen LogP contribution in [0.3, 0.4) is 0 Å². The lowest BCUT2D eigenvalue weighted by Gasteiger charge is -1.73. The van der Waals surface area contributed by atoms with Crippen LogP contribution in [-0.2, 0) is 0 Å². The number of rotatable bonds is 0. The number of hydrogen-bond acceptors (Lipinski definition) is 2. The van der Waals surface area contributed by atoms with E-state index in [9.17, 15) is 0 Å². The van der Waals surface area contributed by atoms with Crippen molar-refractivity contribution < 1.29 is 4.42 Å². The fourth-order valence-electron chi connectivity index (χ4n) is 0.299. The maximum atomic E-state index is 6.47. The van der Waals surface area contributed by atoms with Gasteiger partial charge in [-0.25, -0.2) is 0 Å². The molecule has 0 bridgehead atoms. The average molecular weight is 173 g/mol. The molecule has 0 aliphatic carbocycles. The summed E-state index contributed by atoms with van der Waals surface area (Å²) in [6.07, 6.45) is 1.22. The van der Waals surface area contributed by atoms with Crippen molar-refractivity contribution in [3.63, 3.8) is 0 Å². The molecule has 0 fully saturated rings. The summed E-state index contributed by atoms with van der Waals surface area (Å²) in [5.74, 6) is 0.269. The SMILES string of the molecule is [C-]#[N+]c1ncoc1Br. The van der Waals surface area contributed by atoms with E-state index in [0.717, 1.165) is 0 Å². The van der Waals surface area contributed by atoms with Crippen LogP contribution in [0.15, 0.2) is 15.5 Å². The lowest BCUT2D eigenvalue weighted by atomic mass is 10.8. The largest absolute Gasteiger partial charge is 0.429 e. The van der Waals surface area contributed by atoms with Crippen LogP contribution in [0.4, 0.5) is 5.82 Å². The number of nitrogens with zero attached hydrogens (tertiary/aromatic N) is 2. The minimum atomic E-state index is 0.269. The van der Waals surface area contributed by atoms with Crippen LogP contribution in [0, 0.1) is 6.57 Å². The Morgan fingerprint density at radius 3 is 2.88 bits per heavy atom. The molecule has 0 saturated carbocycles. The van der Waals surface area contributed by atoms with Gasteiger partial charge in [-0.15, -0.1) is 0 Å². The van der Waals surface area contributed by atoms with Crippen molar-refractivity contribution in [2.75, 3.05) is 0 Å². The van der Waals surface area contributed by atoms with Crippen molar-refractivity contribution in [2.24, 2.45) is 0 Å². The Kier molecular flexibility index (Phi) is 1.31. The van der Waals surface area contributed by atoms with E-state index in [4.69, 9.17) is 6.57 Å². The molecule has 1 rings (SSSR count). The molecule has 0 saturated heterocycles. The van der Waals surface area contributed by atoms with Crippen LogP contribution < -0.4 is 0 Å². The van der Waals surface area contributed by atoms with Crippen LogP contribution in [-0.4, -0.2) is 4.98 Å². The molecule has 0 radical (unpaired) electrons. The Morgan fingerprint density at radius 2 is 2.62 bits per heavy atom. The summed E-state index contributed by atoms with van der Waals surface area (Å²) in [6, 6.07) is 0. The first kappa shape index (κ1) is 5.32. The minimum absolute atomic E-state index is 0.269. The molecule has 1 heterocycles. The Labute approximate surface area is 54.3 Å². The monoisotopic (exact) mass is 172 g/mol. The number of hydrogen-bond donors (Lipinski definition) is 0. The second-order valence-corrected chi connectivity index (χ2v) is 1.78. The third kappa shape index (κ3) is 0.724.